The Balaban J connectivity index is 1.77. The van der Waals surface area contributed by atoms with E-state index in [0.717, 1.165) is 42.4 Å². The Morgan fingerprint density at radius 1 is 1.40 bits per heavy atom. The minimum Gasteiger partial charge on any atom is -0.339 e. The van der Waals surface area contributed by atoms with Crippen molar-refractivity contribution in [3.8, 4) is 0 Å². The summed E-state index contributed by atoms with van der Waals surface area (Å²) in [6.07, 6.45) is 3.86. The number of hydrogen-bond donors (Lipinski definition) is 1. The number of fused-ring (bicyclic) bond motifs is 1. The first kappa shape index (κ1) is 13.1. The minimum absolute atomic E-state index is 0.0936. The number of nitrogens with one attached hydrogen (secondary N) is 1. The first-order chi connectivity index (χ1) is 9.65. The van der Waals surface area contributed by atoms with Gasteiger partial charge in [-0.15, -0.1) is 0 Å². The Morgan fingerprint density at radius 3 is 2.90 bits per heavy atom. The molecule has 3 rings (SSSR count). The summed E-state index contributed by atoms with van der Waals surface area (Å²) in [5, 5.41) is 7.93. The van der Waals surface area contributed by atoms with Crippen LogP contribution in [0.3, 0.4) is 0 Å². The van der Waals surface area contributed by atoms with Gasteiger partial charge in [-0.1, -0.05) is 6.07 Å². The highest BCUT2D eigenvalue weighted by Crippen LogP contribution is 2.19. The van der Waals surface area contributed by atoms with E-state index >= 15 is 0 Å². The summed E-state index contributed by atoms with van der Waals surface area (Å²) in [4.78, 5) is 16.8. The molecule has 1 aromatic heterocycles. The lowest BCUT2D eigenvalue weighted by Crippen LogP contribution is -2.44. The fraction of sp³-hybridized carbons (Fsp3) is 0.467. The Bertz CT molecular complexity index is 613. The van der Waals surface area contributed by atoms with Crippen LogP contribution in [0.15, 0.2) is 24.4 Å². The summed E-state index contributed by atoms with van der Waals surface area (Å²) in [7, 11) is 4.04. The molecular weight excluding hydrogens is 252 g/mol. The van der Waals surface area contributed by atoms with Crippen LogP contribution in [-0.2, 0) is 0 Å². The number of amides is 1. The van der Waals surface area contributed by atoms with Gasteiger partial charge < -0.3 is 9.80 Å². The molecule has 106 valence electrons. The molecule has 2 heterocycles. The van der Waals surface area contributed by atoms with Crippen LogP contribution < -0.4 is 0 Å². The molecule has 1 amide bonds. The van der Waals surface area contributed by atoms with E-state index in [9.17, 15) is 4.79 Å². The molecule has 1 fully saturated rings. The molecule has 0 spiro atoms. The Kier molecular flexibility index (Phi) is 3.44. The van der Waals surface area contributed by atoms with Crippen molar-refractivity contribution in [3.05, 3.63) is 30.0 Å². The fourth-order valence-electron chi connectivity index (χ4n) is 2.82. The van der Waals surface area contributed by atoms with E-state index in [-0.39, 0.29) is 5.91 Å². The van der Waals surface area contributed by atoms with E-state index in [1.807, 2.05) is 30.1 Å². The van der Waals surface area contributed by atoms with Gasteiger partial charge in [-0.2, -0.15) is 5.10 Å². The van der Waals surface area contributed by atoms with Crippen LogP contribution in [0, 0.1) is 0 Å². The molecule has 20 heavy (non-hydrogen) atoms. The zero-order valence-corrected chi connectivity index (χ0v) is 12.0. The summed E-state index contributed by atoms with van der Waals surface area (Å²) in [5.41, 5.74) is 1.64. The van der Waals surface area contributed by atoms with E-state index in [4.69, 9.17) is 0 Å². The molecule has 5 nitrogen and oxygen atoms in total. The number of carbonyl (C=O) groups excluding carboxylic acids is 1. The predicted octanol–water partition coefficient (Wildman–Crippen LogP) is 1.73. The second-order valence-corrected chi connectivity index (χ2v) is 5.62. The van der Waals surface area contributed by atoms with Crippen LogP contribution in [0.2, 0.25) is 0 Å². The second kappa shape index (κ2) is 5.25. The van der Waals surface area contributed by atoms with E-state index in [1.54, 1.807) is 6.20 Å². The zero-order chi connectivity index (χ0) is 14.1. The van der Waals surface area contributed by atoms with Crippen molar-refractivity contribution >= 4 is 16.8 Å². The third-order valence-corrected chi connectivity index (χ3v) is 4.25. The molecule has 2 aromatic rings. The second-order valence-electron chi connectivity index (χ2n) is 5.62. The van der Waals surface area contributed by atoms with Crippen molar-refractivity contribution in [1.29, 1.82) is 0 Å². The van der Waals surface area contributed by atoms with E-state index in [0.29, 0.717) is 6.04 Å². The van der Waals surface area contributed by atoms with Crippen molar-refractivity contribution < 1.29 is 4.79 Å². The monoisotopic (exact) mass is 272 g/mol. The molecule has 0 aliphatic carbocycles. The number of piperidine rings is 1. The van der Waals surface area contributed by atoms with Gasteiger partial charge in [0, 0.05) is 24.0 Å². The highest BCUT2D eigenvalue weighted by Gasteiger charge is 2.24. The number of benzene rings is 1. The number of rotatable bonds is 2. The number of hydrogen-bond acceptors (Lipinski definition) is 3. The van der Waals surface area contributed by atoms with Crippen molar-refractivity contribution in [2.24, 2.45) is 0 Å². The summed E-state index contributed by atoms with van der Waals surface area (Å²) in [6.45, 7) is 2.11. The SMILES string of the molecule is CN1CCC(N(C)C(=O)c2ccc3cn[nH]c3c2)CC1. The van der Waals surface area contributed by atoms with Crippen molar-refractivity contribution in [3.63, 3.8) is 0 Å². The molecular formula is C15H20N4O. The van der Waals surface area contributed by atoms with Crippen molar-refractivity contribution in [2.45, 2.75) is 18.9 Å². The Morgan fingerprint density at radius 2 is 2.15 bits per heavy atom. The average Bonchev–Trinajstić information content (AvgIpc) is 2.94. The van der Waals surface area contributed by atoms with E-state index in [2.05, 4.69) is 22.1 Å². The predicted molar refractivity (Wildman–Crippen MR) is 78.7 cm³/mol. The van der Waals surface area contributed by atoms with E-state index < -0.39 is 0 Å². The maximum absolute atomic E-state index is 12.6. The number of likely N-dealkylation sites (tertiary alicyclic amines) is 1. The lowest BCUT2D eigenvalue weighted by molar-refractivity contribution is 0.0660. The first-order valence-electron chi connectivity index (χ1n) is 7.04. The summed E-state index contributed by atoms with van der Waals surface area (Å²) in [5.74, 6) is 0.0936. The van der Waals surface area contributed by atoms with Crippen molar-refractivity contribution in [2.75, 3.05) is 27.2 Å². The molecule has 1 aliphatic heterocycles. The number of nitrogens with zero attached hydrogens (tertiary/aromatic N) is 3. The van der Waals surface area contributed by atoms with Crippen LogP contribution in [0.4, 0.5) is 0 Å². The number of H-pyrrole nitrogens is 1. The fourth-order valence-corrected chi connectivity index (χ4v) is 2.82. The molecule has 0 atom stereocenters. The highest BCUT2D eigenvalue weighted by molar-refractivity contribution is 5.97. The van der Waals surface area contributed by atoms with Gasteiger partial charge in [0.2, 0.25) is 0 Å². The van der Waals surface area contributed by atoms with Crippen molar-refractivity contribution in [1.82, 2.24) is 20.0 Å². The summed E-state index contributed by atoms with van der Waals surface area (Å²) < 4.78 is 0. The van der Waals surface area contributed by atoms with E-state index in [1.165, 1.54) is 0 Å². The molecule has 0 saturated carbocycles. The molecule has 5 heteroatoms. The molecule has 0 bridgehead atoms. The normalized spacial score (nSPS) is 17.5. The van der Waals surface area contributed by atoms with Gasteiger partial charge in [0.1, 0.15) is 0 Å². The molecule has 0 radical (unpaired) electrons. The topological polar surface area (TPSA) is 52.2 Å². The minimum atomic E-state index is 0.0936. The van der Waals surface area contributed by atoms with Gasteiger partial charge in [-0.05, 0) is 45.1 Å². The first-order valence-corrected chi connectivity index (χ1v) is 7.04. The van der Waals surface area contributed by atoms with Crippen LogP contribution in [0.1, 0.15) is 23.2 Å². The number of aromatic nitrogens is 2. The van der Waals surface area contributed by atoms with Gasteiger partial charge in [-0.25, -0.2) is 0 Å². The summed E-state index contributed by atoms with van der Waals surface area (Å²) >= 11 is 0. The number of aromatic amines is 1. The highest BCUT2D eigenvalue weighted by atomic mass is 16.2. The lowest BCUT2D eigenvalue weighted by Gasteiger charge is -2.35. The van der Waals surface area contributed by atoms with Gasteiger partial charge in [0.05, 0.1) is 11.7 Å². The Hall–Kier alpha value is -1.88. The van der Waals surface area contributed by atoms with Crippen LogP contribution in [-0.4, -0.2) is 59.1 Å². The average molecular weight is 272 g/mol. The van der Waals surface area contributed by atoms with Crippen LogP contribution in [0.5, 0.6) is 0 Å². The smallest absolute Gasteiger partial charge is 0.253 e. The standard InChI is InChI=1S/C15H20N4O/c1-18-7-5-13(6-8-18)19(2)15(20)11-3-4-12-10-16-17-14(12)9-11/h3-4,9-10,13H,5-8H2,1-2H3,(H,16,17). The van der Waals surface area contributed by atoms with Gasteiger partial charge >= 0.3 is 0 Å². The van der Waals surface area contributed by atoms with Gasteiger partial charge in [0.25, 0.3) is 5.91 Å². The quantitative estimate of drug-likeness (QED) is 0.906. The van der Waals surface area contributed by atoms with Gasteiger partial charge in [0.15, 0.2) is 0 Å². The number of carbonyl (C=O) groups is 1. The molecule has 1 N–H and O–H groups in total. The van der Waals surface area contributed by atoms with Crippen LogP contribution >= 0.6 is 0 Å². The zero-order valence-electron chi connectivity index (χ0n) is 12.0. The van der Waals surface area contributed by atoms with Crippen LogP contribution in [0.25, 0.3) is 10.9 Å². The molecule has 1 aliphatic rings. The largest absolute Gasteiger partial charge is 0.339 e. The molecule has 1 saturated heterocycles. The molecule has 1 aromatic carbocycles. The van der Waals surface area contributed by atoms with Gasteiger partial charge in [-0.3, -0.25) is 9.89 Å². The molecule has 0 unspecified atom stereocenters. The maximum Gasteiger partial charge on any atom is 0.253 e. The Labute approximate surface area is 118 Å². The summed E-state index contributed by atoms with van der Waals surface area (Å²) in [6, 6.07) is 6.05. The third-order valence-electron chi connectivity index (χ3n) is 4.25. The third kappa shape index (κ3) is 2.41. The lowest BCUT2D eigenvalue weighted by atomic mass is 10.0. The maximum atomic E-state index is 12.6.